The Kier molecular flexibility index (Phi) is 13.2. The van der Waals surface area contributed by atoms with Crippen LogP contribution in [0.3, 0.4) is 0 Å². The molecule has 5 heteroatoms. The molecule has 0 heterocycles. The monoisotopic (exact) mass is 483 g/mol. The van der Waals surface area contributed by atoms with Crippen LogP contribution in [0.25, 0.3) is 11.1 Å². The number of allylic oxidation sites excluding steroid dienone is 4. The highest BCUT2D eigenvalue weighted by Gasteiger charge is 2.21. The second-order valence-corrected chi connectivity index (χ2v) is 8.59. The second-order valence-electron chi connectivity index (χ2n) is 7.74. The zero-order chi connectivity index (χ0) is 25.7. The summed E-state index contributed by atoms with van der Waals surface area (Å²) in [6.45, 7) is 13.4. The van der Waals surface area contributed by atoms with Gasteiger partial charge in [0.15, 0.2) is 0 Å². The third kappa shape index (κ3) is 7.69. The Morgan fingerprint density at radius 2 is 1.85 bits per heavy atom. The van der Waals surface area contributed by atoms with Crippen molar-refractivity contribution in [2.24, 2.45) is 5.92 Å². The van der Waals surface area contributed by atoms with E-state index in [-0.39, 0.29) is 5.56 Å². The molecular weight excluding hydrogens is 442 g/mol. The molecule has 3 rings (SSSR count). The first-order chi connectivity index (χ1) is 16.4. The summed E-state index contributed by atoms with van der Waals surface area (Å²) in [7, 11) is 1.66. The molecule has 0 spiro atoms. The van der Waals surface area contributed by atoms with Crippen LogP contribution in [0.15, 0.2) is 65.2 Å². The lowest BCUT2D eigenvalue weighted by molar-refractivity contribution is 0.0697. The number of nitrogens with zero attached hydrogens (tertiary/aromatic N) is 1. The summed E-state index contributed by atoms with van der Waals surface area (Å²) in [6.07, 6.45) is 10.7. The molecule has 0 unspecified atom stereocenters. The van der Waals surface area contributed by atoms with Gasteiger partial charge >= 0.3 is 5.97 Å². The maximum Gasteiger partial charge on any atom is 0.335 e. The van der Waals surface area contributed by atoms with E-state index in [1.807, 2.05) is 33.8 Å². The fourth-order valence-corrected chi connectivity index (χ4v) is 4.30. The molecule has 0 amide bonds. The van der Waals surface area contributed by atoms with E-state index in [1.54, 1.807) is 37.1 Å². The molecule has 186 valence electrons. The summed E-state index contributed by atoms with van der Waals surface area (Å²) < 4.78 is 5.77. The van der Waals surface area contributed by atoms with E-state index in [1.165, 1.54) is 5.70 Å². The summed E-state index contributed by atoms with van der Waals surface area (Å²) in [5.41, 5.74) is 4.45. The molecule has 2 aromatic carbocycles. The van der Waals surface area contributed by atoms with Gasteiger partial charge in [0.2, 0.25) is 0 Å². The predicted octanol–water partition coefficient (Wildman–Crippen LogP) is 8.53. The Bertz CT molecular complexity index is 979. The summed E-state index contributed by atoms with van der Waals surface area (Å²) in [5.74, 6) is 0.313. The van der Waals surface area contributed by atoms with Gasteiger partial charge in [-0.2, -0.15) is 0 Å². The van der Waals surface area contributed by atoms with Crippen LogP contribution in [0.4, 0.5) is 5.69 Å². The van der Waals surface area contributed by atoms with Gasteiger partial charge in [-0.25, -0.2) is 4.79 Å². The molecule has 0 radical (unpaired) electrons. The molecule has 2 aromatic rings. The summed E-state index contributed by atoms with van der Waals surface area (Å²) >= 11 is 1.69. The Morgan fingerprint density at radius 1 is 1.15 bits per heavy atom. The van der Waals surface area contributed by atoms with Gasteiger partial charge in [-0.1, -0.05) is 65.8 Å². The molecule has 4 nitrogen and oxygen atoms in total. The van der Waals surface area contributed by atoms with Crippen LogP contribution in [0.2, 0.25) is 0 Å². The highest BCUT2D eigenvalue weighted by Crippen LogP contribution is 2.42. The number of hydrogen-bond acceptors (Lipinski definition) is 4. The highest BCUT2D eigenvalue weighted by molar-refractivity contribution is 7.98. The molecule has 0 saturated heterocycles. The number of carbonyl (C=O) groups is 1. The average Bonchev–Trinajstić information content (AvgIpc) is 2.89. The number of anilines is 1. The SMILES string of the molecule is CC.CC.COc1cc(N(CC(C)C)C2=CC=CCC2)c(SC)cc1-c1cccc(C(=O)O)c1. The van der Waals surface area contributed by atoms with E-state index in [0.29, 0.717) is 5.92 Å². The zero-order valence-corrected chi connectivity index (χ0v) is 22.8. The molecule has 0 bridgehead atoms. The lowest BCUT2D eigenvalue weighted by atomic mass is 10.0. The molecule has 1 N–H and O–H groups in total. The molecule has 1 aliphatic carbocycles. The highest BCUT2D eigenvalue weighted by atomic mass is 32.2. The molecule has 0 aliphatic heterocycles. The van der Waals surface area contributed by atoms with Crippen molar-refractivity contribution in [3.63, 3.8) is 0 Å². The number of aromatic carboxylic acids is 1. The first-order valence-electron chi connectivity index (χ1n) is 12.2. The smallest absolute Gasteiger partial charge is 0.335 e. The van der Waals surface area contributed by atoms with E-state index in [2.05, 4.69) is 55.4 Å². The van der Waals surface area contributed by atoms with Gasteiger partial charge in [-0.05, 0) is 54.9 Å². The molecule has 1 aliphatic rings. The topological polar surface area (TPSA) is 49.8 Å². The summed E-state index contributed by atoms with van der Waals surface area (Å²) in [5, 5.41) is 9.37. The second kappa shape index (κ2) is 15.3. The molecule has 0 fully saturated rings. The number of hydrogen-bond donors (Lipinski definition) is 1. The maximum absolute atomic E-state index is 11.4. The van der Waals surface area contributed by atoms with Crippen LogP contribution in [0, 0.1) is 5.92 Å². The van der Waals surface area contributed by atoms with E-state index in [4.69, 9.17) is 4.74 Å². The number of benzene rings is 2. The van der Waals surface area contributed by atoms with Gasteiger partial charge in [0, 0.05) is 28.8 Å². The number of ether oxygens (including phenoxy) is 1. The predicted molar refractivity (Wildman–Crippen MR) is 149 cm³/mol. The molecular formula is C29H41NO3S. The normalized spacial score (nSPS) is 12.1. The van der Waals surface area contributed by atoms with Crippen LogP contribution >= 0.6 is 11.8 Å². The van der Waals surface area contributed by atoms with Gasteiger partial charge in [0.25, 0.3) is 0 Å². The lowest BCUT2D eigenvalue weighted by Gasteiger charge is -2.32. The number of thioether (sulfide) groups is 1. The third-order valence-electron chi connectivity index (χ3n) is 5.10. The quantitative estimate of drug-likeness (QED) is 0.381. The van der Waals surface area contributed by atoms with Crippen LogP contribution in [0.1, 0.15) is 64.7 Å². The van der Waals surface area contributed by atoms with Crippen molar-refractivity contribution in [3.05, 3.63) is 65.9 Å². The van der Waals surface area contributed by atoms with Gasteiger partial charge < -0.3 is 14.7 Å². The van der Waals surface area contributed by atoms with Crippen molar-refractivity contribution in [2.45, 2.75) is 59.3 Å². The number of carboxylic acid groups (broad SMARTS) is 1. The third-order valence-corrected chi connectivity index (χ3v) is 5.87. The van der Waals surface area contributed by atoms with Gasteiger partial charge in [-0.3, -0.25) is 0 Å². The minimum atomic E-state index is -0.932. The van der Waals surface area contributed by atoms with Crippen LogP contribution in [0.5, 0.6) is 5.75 Å². The van der Waals surface area contributed by atoms with Crippen LogP contribution < -0.4 is 9.64 Å². The van der Waals surface area contributed by atoms with Crippen molar-refractivity contribution >= 4 is 23.4 Å². The maximum atomic E-state index is 11.4. The van der Waals surface area contributed by atoms with Crippen LogP contribution in [-0.4, -0.2) is 31.0 Å². The average molecular weight is 484 g/mol. The fraction of sp³-hybridized carbons (Fsp3) is 0.414. The fourth-order valence-electron chi connectivity index (χ4n) is 3.69. The van der Waals surface area contributed by atoms with Gasteiger partial charge in [0.05, 0.1) is 18.4 Å². The minimum absolute atomic E-state index is 0.268. The Balaban J connectivity index is 0.00000137. The Labute approximate surface area is 210 Å². The van der Waals surface area contributed by atoms with E-state index in [0.717, 1.165) is 46.8 Å². The van der Waals surface area contributed by atoms with Crippen molar-refractivity contribution in [1.82, 2.24) is 0 Å². The van der Waals surface area contributed by atoms with E-state index < -0.39 is 5.97 Å². The van der Waals surface area contributed by atoms with Gasteiger partial charge in [0.1, 0.15) is 5.75 Å². The van der Waals surface area contributed by atoms with Gasteiger partial charge in [-0.15, -0.1) is 11.8 Å². The number of rotatable bonds is 8. The Morgan fingerprint density at radius 3 is 2.38 bits per heavy atom. The first-order valence-corrected chi connectivity index (χ1v) is 13.4. The zero-order valence-electron chi connectivity index (χ0n) is 22.0. The minimum Gasteiger partial charge on any atom is -0.496 e. The van der Waals surface area contributed by atoms with Crippen molar-refractivity contribution in [3.8, 4) is 16.9 Å². The first kappa shape index (κ1) is 29.4. The molecule has 0 saturated carbocycles. The lowest BCUT2D eigenvalue weighted by Crippen LogP contribution is -2.28. The largest absolute Gasteiger partial charge is 0.496 e. The Hall–Kier alpha value is -2.66. The van der Waals surface area contributed by atoms with Crippen molar-refractivity contribution < 1.29 is 14.6 Å². The summed E-state index contributed by atoms with van der Waals surface area (Å²) in [6, 6.07) is 11.2. The standard InChI is InChI=1S/C25H29NO3S.2C2H6/c1-17(2)16-26(20-11-6-5-7-12-20)22-15-23(29-3)21(14-24(22)30-4)18-9-8-10-19(13-18)25(27)28;2*1-2/h5-6,8-11,13-15,17H,7,12,16H2,1-4H3,(H,27,28);2*1-2H3. The van der Waals surface area contributed by atoms with E-state index >= 15 is 0 Å². The van der Waals surface area contributed by atoms with E-state index in [9.17, 15) is 9.90 Å². The summed E-state index contributed by atoms with van der Waals surface area (Å²) in [4.78, 5) is 15.0. The number of methoxy groups -OCH3 is 1. The van der Waals surface area contributed by atoms with Crippen molar-refractivity contribution in [1.29, 1.82) is 0 Å². The molecule has 34 heavy (non-hydrogen) atoms. The van der Waals surface area contributed by atoms with Crippen LogP contribution in [-0.2, 0) is 0 Å². The molecule has 0 aromatic heterocycles. The van der Waals surface area contributed by atoms with Crippen molar-refractivity contribution in [2.75, 3.05) is 24.8 Å². The molecule has 0 atom stereocenters. The number of carboxylic acids is 1.